The summed E-state index contributed by atoms with van der Waals surface area (Å²) in [5.41, 5.74) is 1.98. The molecule has 0 spiro atoms. The van der Waals surface area contributed by atoms with Crippen LogP contribution in [0.1, 0.15) is 5.56 Å². The smallest absolute Gasteiger partial charge is 0.145 e. The summed E-state index contributed by atoms with van der Waals surface area (Å²) in [7, 11) is 3.52. The molecule has 84 valence electrons. The van der Waals surface area contributed by atoms with Crippen LogP contribution in [0.5, 0.6) is 5.75 Å². The first-order valence-electron chi connectivity index (χ1n) is 4.99. The fourth-order valence-electron chi connectivity index (χ4n) is 1.72. The molecule has 16 heavy (non-hydrogen) atoms. The fourth-order valence-corrected chi connectivity index (χ4v) is 2.15. The summed E-state index contributed by atoms with van der Waals surface area (Å²) in [5.74, 6) is 1.67. The van der Waals surface area contributed by atoms with Crippen molar-refractivity contribution in [2.45, 2.75) is 6.92 Å². The maximum atomic E-state index is 5.31. The lowest BCUT2D eigenvalue weighted by atomic mass is 10.1. The van der Waals surface area contributed by atoms with Crippen molar-refractivity contribution in [2.24, 2.45) is 0 Å². The summed E-state index contributed by atoms with van der Waals surface area (Å²) in [4.78, 5) is 4.56. The molecule has 0 amide bonds. The highest BCUT2D eigenvalue weighted by Crippen LogP contribution is 2.32. The van der Waals surface area contributed by atoms with Gasteiger partial charge in [0.15, 0.2) is 0 Å². The van der Waals surface area contributed by atoms with E-state index < -0.39 is 0 Å². The minimum Gasteiger partial charge on any atom is -0.494 e. The number of nitrogens with zero attached hydrogens (tertiary/aromatic N) is 1. The van der Waals surface area contributed by atoms with Gasteiger partial charge in [0.2, 0.25) is 0 Å². The summed E-state index contributed by atoms with van der Waals surface area (Å²) in [6, 6.07) is 5.98. The Hall–Kier alpha value is -1.29. The van der Waals surface area contributed by atoms with Gasteiger partial charge in [0.05, 0.1) is 7.11 Å². The lowest BCUT2D eigenvalue weighted by Gasteiger charge is -2.10. The van der Waals surface area contributed by atoms with Crippen molar-refractivity contribution in [1.29, 1.82) is 0 Å². The second-order valence-electron chi connectivity index (χ2n) is 3.55. The lowest BCUT2D eigenvalue weighted by Crippen LogP contribution is -1.97. The van der Waals surface area contributed by atoms with E-state index in [0.29, 0.717) is 0 Å². The molecule has 1 aromatic heterocycles. The van der Waals surface area contributed by atoms with Gasteiger partial charge < -0.3 is 10.1 Å². The third-order valence-corrected chi connectivity index (χ3v) is 3.23. The van der Waals surface area contributed by atoms with Gasteiger partial charge in [0.25, 0.3) is 0 Å². The van der Waals surface area contributed by atoms with Crippen LogP contribution < -0.4 is 10.1 Å². The normalized spacial score (nSPS) is 10.5. The number of methoxy groups -OCH3 is 1. The van der Waals surface area contributed by atoms with Crippen LogP contribution in [0.2, 0.25) is 0 Å². The Kier molecular flexibility index (Phi) is 3.01. The number of fused-ring (bicyclic) bond motifs is 1. The molecule has 0 saturated carbocycles. The number of aryl methyl sites for hydroxylation is 1. The number of nitrogens with one attached hydrogen (secondary N) is 1. The molecule has 0 atom stereocenters. The minimum absolute atomic E-state index is 0.787. The zero-order chi connectivity index (χ0) is 11.7. The van der Waals surface area contributed by atoms with E-state index in [9.17, 15) is 0 Å². The molecule has 1 N–H and O–H groups in total. The molecule has 0 bridgehead atoms. The van der Waals surface area contributed by atoms with Gasteiger partial charge in [-0.15, -0.1) is 0 Å². The SMILES string of the molecule is CNc1nc2c(OC)ccc(Br)c2cc1C. The van der Waals surface area contributed by atoms with Crippen LogP contribution in [0.25, 0.3) is 10.9 Å². The van der Waals surface area contributed by atoms with Gasteiger partial charge in [-0.3, -0.25) is 0 Å². The standard InChI is InChI=1S/C12H13BrN2O/c1-7-6-8-9(13)4-5-10(16-3)11(8)15-12(7)14-2/h4-6H,1-3H3,(H,14,15). The van der Waals surface area contributed by atoms with Crippen LogP contribution in [-0.4, -0.2) is 19.1 Å². The van der Waals surface area contributed by atoms with Crippen molar-refractivity contribution in [2.75, 3.05) is 19.5 Å². The average Bonchev–Trinajstić information content (AvgIpc) is 2.30. The highest BCUT2D eigenvalue weighted by atomic mass is 79.9. The summed E-state index contributed by atoms with van der Waals surface area (Å²) in [6.45, 7) is 2.03. The molecule has 0 saturated heterocycles. The van der Waals surface area contributed by atoms with Crippen LogP contribution in [0, 0.1) is 6.92 Å². The van der Waals surface area contributed by atoms with E-state index in [1.165, 1.54) is 0 Å². The van der Waals surface area contributed by atoms with Gasteiger partial charge >= 0.3 is 0 Å². The molecule has 0 aliphatic rings. The molecule has 4 heteroatoms. The third kappa shape index (κ3) is 1.73. The first-order valence-corrected chi connectivity index (χ1v) is 5.78. The van der Waals surface area contributed by atoms with E-state index in [-0.39, 0.29) is 0 Å². The molecule has 2 rings (SSSR count). The molecule has 0 aliphatic carbocycles. The number of pyridine rings is 1. The predicted octanol–water partition coefficient (Wildman–Crippen LogP) is 3.36. The van der Waals surface area contributed by atoms with Crippen LogP contribution in [0.3, 0.4) is 0 Å². The molecular formula is C12H13BrN2O. The van der Waals surface area contributed by atoms with Crippen LogP contribution in [-0.2, 0) is 0 Å². The van der Waals surface area contributed by atoms with Gasteiger partial charge in [0, 0.05) is 16.9 Å². The van der Waals surface area contributed by atoms with Gasteiger partial charge in [0.1, 0.15) is 17.1 Å². The Morgan fingerprint density at radius 2 is 2.12 bits per heavy atom. The lowest BCUT2D eigenvalue weighted by molar-refractivity contribution is 0.419. The number of benzene rings is 1. The number of hydrogen-bond acceptors (Lipinski definition) is 3. The molecular weight excluding hydrogens is 268 g/mol. The average molecular weight is 281 g/mol. The zero-order valence-electron chi connectivity index (χ0n) is 9.47. The molecule has 1 aromatic carbocycles. The van der Waals surface area contributed by atoms with Gasteiger partial charge in [-0.05, 0) is 30.7 Å². The Morgan fingerprint density at radius 3 is 2.75 bits per heavy atom. The van der Waals surface area contributed by atoms with Crippen LogP contribution in [0.15, 0.2) is 22.7 Å². The highest BCUT2D eigenvalue weighted by molar-refractivity contribution is 9.10. The summed E-state index contributed by atoms with van der Waals surface area (Å²) in [5, 5.41) is 4.14. The fraction of sp³-hybridized carbons (Fsp3) is 0.250. The number of rotatable bonds is 2. The maximum Gasteiger partial charge on any atom is 0.145 e. The van der Waals surface area contributed by atoms with E-state index >= 15 is 0 Å². The Balaban J connectivity index is 2.83. The van der Waals surface area contributed by atoms with Crippen LogP contribution >= 0.6 is 15.9 Å². The van der Waals surface area contributed by atoms with Crippen molar-refractivity contribution in [3.63, 3.8) is 0 Å². The second kappa shape index (κ2) is 4.29. The van der Waals surface area contributed by atoms with Crippen molar-refractivity contribution >= 4 is 32.7 Å². The largest absolute Gasteiger partial charge is 0.494 e. The van der Waals surface area contributed by atoms with Crippen molar-refractivity contribution in [3.05, 3.63) is 28.2 Å². The zero-order valence-corrected chi connectivity index (χ0v) is 11.1. The molecule has 0 radical (unpaired) electrons. The molecule has 0 fully saturated rings. The number of halogens is 1. The monoisotopic (exact) mass is 280 g/mol. The van der Waals surface area contributed by atoms with E-state index in [1.54, 1.807) is 7.11 Å². The van der Waals surface area contributed by atoms with Crippen molar-refractivity contribution < 1.29 is 4.74 Å². The Morgan fingerprint density at radius 1 is 1.38 bits per heavy atom. The topological polar surface area (TPSA) is 34.2 Å². The highest BCUT2D eigenvalue weighted by Gasteiger charge is 2.09. The molecule has 0 unspecified atom stereocenters. The summed E-state index contributed by atoms with van der Waals surface area (Å²) in [6.07, 6.45) is 0. The number of anilines is 1. The first-order chi connectivity index (χ1) is 7.67. The molecule has 1 heterocycles. The van der Waals surface area contributed by atoms with E-state index in [2.05, 4.69) is 32.3 Å². The molecule has 0 aliphatic heterocycles. The van der Waals surface area contributed by atoms with Crippen molar-refractivity contribution in [1.82, 2.24) is 4.98 Å². The number of aromatic nitrogens is 1. The molecule has 2 aromatic rings. The Labute approximate surface area is 103 Å². The minimum atomic E-state index is 0.787. The summed E-state index contributed by atoms with van der Waals surface area (Å²) < 4.78 is 6.34. The van der Waals surface area contributed by atoms with Crippen molar-refractivity contribution in [3.8, 4) is 5.75 Å². The van der Waals surface area contributed by atoms with E-state index in [1.807, 2.05) is 26.1 Å². The van der Waals surface area contributed by atoms with E-state index in [4.69, 9.17) is 4.74 Å². The Bertz CT molecular complexity index is 540. The van der Waals surface area contributed by atoms with Gasteiger partial charge in [-0.25, -0.2) is 4.98 Å². The van der Waals surface area contributed by atoms with Gasteiger partial charge in [-0.1, -0.05) is 15.9 Å². The second-order valence-corrected chi connectivity index (χ2v) is 4.40. The maximum absolute atomic E-state index is 5.31. The molecule has 3 nitrogen and oxygen atoms in total. The first kappa shape index (κ1) is 11.2. The predicted molar refractivity (Wildman–Crippen MR) is 70.3 cm³/mol. The third-order valence-electron chi connectivity index (χ3n) is 2.54. The number of hydrogen-bond donors (Lipinski definition) is 1. The van der Waals surface area contributed by atoms with E-state index in [0.717, 1.165) is 32.5 Å². The van der Waals surface area contributed by atoms with Crippen LogP contribution in [0.4, 0.5) is 5.82 Å². The number of ether oxygens (including phenoxy) is 1. The quantitative estimate of drug-likeness (QED) is 0.916. The van der Waals surface area contributed by atoms with Gasteiger partial charge in [-0.2, -0.15) is 0 Å². The summed E-state index contributed by atoms with van der Waals surface area (Å²) >= 11 is 3.52.